The predicted octanol–water partition coefficient (Wildman–Crippen LogP) is 4.59. The van der Waals surface area contributed by atoms with Crippen molar-refractivity contribution in [3.8, 4) is 0 Å². The molecule has 1 rings (SSSR count). The van der Waals surface area contributed by atoms with Crippen LogP contribution in [0.15, 0.2) is 18.2 Å². The van der Waals surface area contributed by atoms with Gasteiger partial charge in [0.15, 0.2) is 0 Å². The zero-order valence-corrected chi connectivity index (χ0v) is 12.8. The topological polar surface area (TPSA) is 3.24 Å². The first kappa shape index (κ1) is 14.5. The molecule has 1 aromatic carbocycles. The van der Waals surface area contributed by atoms with Gasteiger partial charge in [-0.05, 0) is 24.0 Å². The van der Waals surface area contributed by atoms with E-state index < -0.39 is 0 Å². The summed E-state index contributed by atoms with van der Waals surface area (Å²) in [6, 6.07) is 5.49. The van der Waals surface area contributed by atoms with Gasteiger partial charge in [-0.25, -0.2) is 4.39 Å². The lowest BCUT2D eigenvalue weighted by Crippen LogP contribution is -2.40. The molecule has 0 aromatic heterocycles. The van der Waals surface area contributed by atoms with E-state index in [1.807, 2.05) is 18.0 Å². The van der Waals surface area contributed by atoms with Crippen molar-refractivity contribution >= 4 is 21.6 Å². The molecule has 0 aliphatic heterocycles. The molecule has 0 saturated heterocycles. The third kappa shape index (κ3) is 3.21. The molecule has 0 aliphatic carbocycles. The number of rotatable bonds is 3. The largest absolute Gasteiger partial charge is 0.369 e. The second kappa shape index (κ2) is 5.38. The molecule has 1 atom stereocenters. The van der Waals surface area contributed by atoms with Gasteiger partial charge < -0.3 is 4.90 Å². The van der Waals surface area contributed by atoms with Crippen LogP contribution in [-0.4, -0.2) is 13.1 Å². The maximum Gasteiger partial charge on any atom is 0.146 e. The molecule has 0 saturated carbocycles. The summed E-state index contributed by atoms with van der Waals surface area (Å²) in [6.07, 6.45) is 0. The van der Waals surface area contributed by atoms with Gasteiger partial charge in [0.25, 0.3) is 0 Å². The third-order valence-electron chi connectivity index (χ3n) is 3.40. The van der Waals surface area contributed by atoms with Crippen LogP contribution < -0.4 is 4.90 Å². The quantitative estimate of drug-likeness (QED) is 0.738. The van der Waals surface area contributed by atoms with Crippen LogP contribution in [0.4, 0.5) is 10.1 Å². The Kier molecular flexibility index (Phi) is 4.59. The van der Waals surface area contributed by atoms with E-state index in [-0.39, 0.29) is 17.3 Å². The Morgan fingerprint density at radius 1 is 1.35 bits per heavy atom. The smallest absolute Gasteiger partial charge is 0.146 e. The molecule has 0 radical (unpaired) electrons. The molecular formula is C14H21BrFN. The highest BCUT2D eigenvalue weighted by Crippen LogP contribution is 2.32. The lowest BCUT2D eigenvalue weighted by molar-refractivity contribution is 0.328. The van der Waals surface area contributed by atoms with Crippen LogP contribution in [0.1, 0.15) is 33.3 Å². The third-order valence-corrected chi connectivity index (χ3v) is 4.01. The second-order valence-corrected chi connectivity index (χ2v) is 6.09. The summed E-state index contributed by atoms with van der Waals surface area (Å²) in [5.74, 6) is -0.152. The molecule has 0 heterocycles. The number of hydrogen-bond donors (Lipinski definition) is 0. The molecule has 1 aromatic rings. The van der Waals surface area contributed by atoms with Crippen LogP contribution in [0.2, 0.25) is 0 Å². The molecule has 17 heavy (non-hydrogen) atoms. The summed E-state index contributed by atoms with van der Waals surface area (Å²) in [5.41, 5.74) is 1.80. The van der Waals surface area contributed by atoms with E-state index in [1.54, 1.807) is 6.07 Å². The molecular weight excluding hydrogens is 281 g/mol. The van der Waals surface area contributed by atoms with Crippen molar-refractivity contribution in [1.82, 2.24) is 0 Å². The van der Waals surface area contributed by atoms with Gasteiger partial charge in [0.1, 0.15) is 5.82 Å². The molecule has 1 nitrogen and oxygen atoms in total. The van der Waals surface area contributed by atoms with E-state index in [0.29, 0.717) is 11.0 Å². The minimum absolute atomic E-state index is 0.112. The van der Waals surface area contributed by atoms with Crippen LogP contribution in [0, 0.1) is 11.2 Å². The van der Waals surface area contributed by atoms with Crippen LogP contribution in [0.3, 0.4) is 0 Å². The van der Waals surface area contributed by atoms with Crippen molar-refractivity contribution in [2.75, 3.05) is 11.9 Å². The summed E-state index contributed by atoms with van der Waals surface area (Å²) < 4.78 is 14.0. The standard InChI is InChI=1S/C14H21BrFN/c1-10(14(2,3)4)17(5)13-11(9-15)7-6-8-12(13)16/h6-8,10H,9H2,1-5H3. The van der Waals surface area contributed by atoms with Crippen LogP contribution >= 0.6 is 15.9 Å². The zero-order valence-electron chi connectivity index (χ0n) is 11.2. The normalized spacial score (nSPS) is 13.6. The average molecular weight is 302 g/mol. The summed E-state index contributed by atoms with van der Waals surface area (Å²) in [5, 5.41) is 0.668. The van der Waals surface area contributed by atoms with Crippen molar-refractivity contribution in [3.63, 3.8) is 0 Å². The lowest BCUT2D eigenvalue weighted by Gasteiger charge is -2.37. The number of nitrogens with zero attached hydrogens (tertiary/aromatic N) is 1. The highest BCUT2D eigenvalue weighted by Gasteiger charge is 2.26. The van der Waals surface area contributed by atoms with Gasteiger partial charge in [0, 0.05) is 18.4 Å². The Morgan fingerprint density at radius 3 is 2.41 bits per heavy atom. The van der Waals surface area contributed by atoms with Gasteiger partial charge >= 0.3 is 0 Å². The minimum atomic E-state index is -0.152. The fourth-order valence-corrected chi connectivity index (χ4v) is 2.29. The van der Waals surface area contributed by atoms with Gasteiger partial charge in [0.05, 0.1) is 5.69 Å². The molecule has 0 fully saturated rings. The molecule has 96 valence electrons. The van der Waals surface area contributed by atoms with Crippen molar-refractivity contribution < 1.29 is 4.39 Å². The van der Waals surface area contributed by atoms with Crippen molar-refractivity contribution in [2.45, 2.75) is 39.1 Å². The molecule has 0 amide bonds. The van der Waals surface area contributed by atoms with E-state index in [1.165, 1.54) is 6.07 Å². The molecule has 0 bridgehead atoms. The number of alkyl halides is 1. The van der Waals surface area contributed by atoms with Gasteiger partial charge in [-0.3, -0.25) is 0 Å². The molecule has 0 aliphatic rings. The summed E-state index contributed by atoms with van der Waals surface area (Å²) in [6.45, 7) is 8.64. The number of para-hydroxylation sites is 1. The van der Waals surface area contributed by atoms with E-state index in [2.05, 4.69) is 43.6 Å². The Balaban J connectivity index is 3.16. The van der Waals surface area contributed by atoms with E-state index in [4.69, 9.17) is 0 Å². The minimum Gasteiger partial charge on any atom is -0.369 e. The summed E-state index contributed by atoms with van der Waals surface area (Å²) in [7, 11) is 1.96. The van der Waals surface area contributed by atoms with E-state index in [0.717, 1.165) is 5.56 Å². The van der Waals surface area contributed by atoms with Crippen LogP contribution in [-0.2, 0) is 5.33 Å². The number of halogens is 2. The van der Waals surface area contributed by atoms with Gasteiger partial charge in [-0.15, -0.1) is 0 Å². The monoisotopic (exact) mass is 301 g/mol. The van der Waals surface area contributed by atoms with Crippen LogP contribution in [0.25, 0.3) is 0 Å². The Labute approximate surface area is 112 Å². The molecule has 1 unspecified atom stereocenters. The highest BCUT2D eigenvalue weighted by atomic mass is 79.9. The summed E-state index contributed by atoms with van der Waals surface area (Å²) in [4.78, 5) is 2.03. The summed E-state index contributed by atoms with van der Waals surface area (Å²) >= 11 is 3.42. The lowest BCUT2D eigenvalue weighted by atomic mass is 9.86. The average Bonchev–Trinajstić information content (AvgIpc) is 2.25. The first-order valence-corrected chi connectivity index (χ1v) is 6.97. The fourth-order valence-electron chi connectivity index (χ4n) is 1.84. The van der Waals surface area contributed by atoms with Gasteiger partial charge in [-0.1, -0.05) is 48.8 Å². The van der Waals surface area contributed by atoms with Crippen LogP contribution in [0.5, 0.6) is 0 Å². The Bertz CT molecular complexity index is 384. The predicted molar refractivity (Wildman–Crippen MR) is 76.4 cm³/mol. The SMILES string of the molecule is CC(N(C)c1c(F)cccc1CBr)C(C)(C)C. The van der Waals surface area contributed by atoms with Crippen molar-refractivity contribution in [1.29, 1.82) is 0 Å². The Morgan fingerprint density at radius 2 is 1.94 bits per heavy atom. The van der Waals surface area contributed by atoms with E-state index >= 15 is 0 Å². The highest BCUT2D eigenvalue weighted by molar-refractivity contribution is 9.08. The maximum atomic E-state index is 14.0. The van der Waals surface area contributed by atoms with E-state index in [9.17, 15) is 4.39 Å². The second-order valence-electron chi connectivity index (χ2n) is 5.53. The number of hydrogen-bond acceptors (Lipinski definition) is 1. The van der Waals surface area contributed by atoms with Gasteiger partial charge in [-0.2, -0.15) is 0 Å². The molecule has 3 heteroatoms. The number of benzene rings is 1. The van der Waals surface area contributed by atoms with Gasteiger partial charge in [0.2, 0.25) is 0 Å². The first-order valence-electron chi connectivity index (χ1n) is 5.85. The van der Waals surface area contributed by atoms with Crippen molar-refractivity contribution in [2.24, 2.45) is 5.41 Å². The van der Waals surface area contributed by atoms with Crippen molar-refractivity contribution in [3.05, 3.63) is 29.6 Å². The maximum absolute atomic E-state index is 14.0. The fraction of sp³-hybridized carbons (Fsp3) is 0.571. The number of anilines is 1. The Hall–Kier alpha value is -0.570. The zero-order chi connectivity index (χ0) is 13.2. The first-order chi connectivity index (χ1) is 7.79. The molecule has 0 N–H and O–H groups in total. The molecule has 0 spiro atoms.